The van der Waals surface area contributed by atoms with Crippen molar-refractivity contribution in [1.29, 1.82) is 0 Å². The molecule has 12 heavy (non-hydrogen) atoms. The summed E-state index contributed by atoms with van der Waals surface area (Å²) in [4.78, 5) is 0. The second-order valence-corrected chi connectivity index (χ2v) is 2.29. The summed E-state index contributed by atoms with van der Waals surface area (Å²) in [6.07, 6.45) is 0.633. The molecule has 6 heteroatoms. The van der Waals surface area contributed by atoms with E-state index in [9.17, 15) is 0 Å². The molecule has 1 heterocycles. The van der Waals surface area contributed by atoms with Crippen molar-refractivity contribution in [3.05, 3.63) is 5.82 Å². The van der Waals surface area contributed by atoms with Gasteiger partial charge in [-0.1, -0.05) is 0 Å². The largest absolute Gasteiger partial charge is 0.381 e. The third kappa shape index (κ3) is 1.85. The third-order valence-corrected chi connectivity index (χ3v) is 1.47. The highest BCUT2D eigenvalue weighted by Gasteiger charge is 2.04. The highest BCUT2D eigenvalue weighted by Crippen LogP contribution is 1.98. The minimum absolute atomic E-state index is 0.224. The van der Waals surface area contributed by atoms with E-state index in [0.29, 0.717) is 25.5 Å². The summed E-state index contributed by atoms with van der Waals surface area (Å²) >= 11 is 0. The van der Waals surface area contributed by atoms with Crippen LogP contribution in [0.25, 0.3) is 0 Å². The number of ether oxygens (including phenoxy) is 1. The Morgan fingerprint density at radius 3 is 2.75 bits per heavy atom. The molecule has 68 valence electrons. The van der Waals surface area contributed by atoms with Gasteiger partial charge in [0.2, 0.25) is 5.95 Å². The topological polar surface area (TPSA) is 92.0 Å². The molecule has 6 nitrogen and oxygen atoms in total. The summed E-state index contributed by atoms with van der Waals surface area (Å²) in [6.45, 7) is 3.21. The first kappa shape index (κ1) is 8.79. The van der Waals surface area contributed by atoms with Gasteiger partial charge in [0.1, 0.15) is 0 Å². The first-order valence-corrected chi connectivity index (χ1v) is 3.78. The molecule has 0 amide bonds. The predicted molar refractivity (Wildman–Crippen MR) is 44.8 cm³/mol. The summed E-state index contributed by atoms with van der Waals surface area (Å²) < 4.78 is 6.39. The molecular formula is C6H13N5O. The van der Waals surface area contributed by atoms with E-state index >= 15 is 0 Å². The highest BCUT2D eigenvalue weighted by molar-refractivity contribution is 5.16. The Labute approximate surface area is 70.5 Å². The van der Waals surface area contributed by atoms with Crippen molar-refractivity contribution in [2.75, 3.05) is 24.8 Å². The van der Waals surface area contributed by atoms with Crippen molar-refractivity contribution in [1.82, 2.24) is 14.9 Å². The number of aromatic nitrogens is 3. The van der Waals surface area contributed by atoms with Gasteiger partial charge in [-0.05, 0) is 6.92 Å². The fraction of sp³-hybridized carbons (Fsp3) is 0.667. The summed E-state index contributed by atoms with van der Waals surface area (Å²) in [7, 11) is 0. The van der Waals surface area contributed by atoms with Gasteiger partial charge >= 0.3 is 0 Å². The van der Waals surface area contributed by atoms with Crippen molar-refractivity contribution in [2.45, 2.75) is 13.3 Å². The molecule has 0 saturated carbocycles. The predicted octanol–water partition coefficient (Wildman–Crippen LogP) is -0.847. The van der Waals surface area contributed by atoms with Crippen molar-refractivity contribution < 1.29 is 4.74 Å². The van der Waals surface area contributed by atoms with Gasteiger partial charge in [-0.15, -0.1) is 10.2 Å². The standard InChI is InChI=1S/C6H13N5O/c1-2-12-4-3-5-9-10-6(7)11(5)8/h2-4,8H2,1H3,(H2,7,10). The average molecular weight is 171 g/mol. The van der Waals surface area contributed by atoms with Crippen LogP contribution in [-0.2, 0) is 11.2 Å². The normalized spacial score (nSPS) is 10.4. The Hall–Kier alpha value is -1.30. The van der Waals surface area contributed by atoms with Crippen molar-refractivity contribution in [3.63, 3.8) is 0 Å². The third-order valence-electron chi connectivity index (χ3n) is 1.47. The number of nitrogens with two attached hydrogens (primary N) is 2. The van der Waals surface area contributed by atoms with Gasteiger partial charge in [0.05, 0.1) is 6.61 Å². The Kier molecular flexibility index (Phi) is 2.87. The van der Waals surface area contributed by atoms with Crippen LogP contribution in [0.5, 0.6) is 0 Å². The van der Waals surface area contributed by atoms with E-state index in [2.05, 4.69) is 10.2 Å². The average Bonchev–Trinajstić information content (AvgIpc) is 2.36. The first-order valence-electron chi connectivity index (χ1n) is 3.78. The number of hydrogen-bond acceptors (Lipinski definition) is 5. The van der Waals surface area contributed by atoms with Crippen LogP contribution < -0.4 is 11.6 Å². The smallest absolute Gasteiger partial charge is 0.240 e. The minimum Gasteiger partial charge on any atom is -0.381 e. The maximum absolute atomic E-state index is 5.50. The van der Waals surface area contributed by atoms with Crippen LogP contribution in [0.1, 0.15) is 12.7 Å². The molecule has 1 aromatic rings. The van der Waals surface area contributed by atoms with Crippen LogP contribution in [0.3, 0.4) is 0 Å². The van der Waals surface area contributed by atoms with Gasteiger partial charge in [0.15, 0.2) is 5.82 Å². The highest BCUT2D eigenvalue weighted by atomic mass is 16.5. The minimum atomic E-state index is 0.224. The Morgan fingerprint density at radius 1 is 1.50 bits per heavy atom. The zero-order valence-corrected chi connectivity index (χ0v) is 7.03. The molecule has 0 atom stereocenters. The summed E-state index contributed by atoms with van der Waals surface area (Å²) in [5.74, 6) is 6.36. The monoisotopic (exact) mass is 171 g/mol. The lowest BCUT2D eigenvalue weighted by atomic mass is 10.4. The number of rotatable bonds is 4. The summed E-state index contributed by atoms with van der Waals surface area (Å²) in [5.41, 5.74) is 5.37. The van der Waals surface area contributed by atoms with Crippen LogP contribution in [-0.4, -0.2) is 28.1 Å². The Balaban J connectivity index is 2.46. The molecule has 4 N–H and O–H groups in total. The number of hydrogen-bond donors (Lipinski definition) is 2. The molecule has 0 unspecified atom stereocenters. The molecule has 0 aliphatic carbocycles. The lowest BCUT2D eigenvalue weighted by Crippen LogP contribution is -2.16. The molecule has 0 aromatic carbocycles. The number of anilines is 1. The van der Waals surface area contributed by atoms with Gasteiger partial charge in [-0.25, -0.2) is 4.68 Å². The molecule has 0 bridgehead atoms. The van der Waals surface area contributed by atoms with Crippen molar-refractivity contribution in [2.24, 2.45) is 0 Å². The Morgan fingerprint density at radius 2 is 2.25 bits per heavy atom. The molecule has 0 saturated heterocycles. The van der Waals surface area contributed by atoms with E-state index in [1.807, 2.05) is 6.92 Å². The van der Waals surface area contributed by atoms with E-state index in [0.717, 1.165) is 0 Å². The molecule has 0 spiro atoms. The fourth-order valence-corrected chi connectivity index (χ4v) is 0.816. The van der Waals surface area contributed by atoms with Gasteiger partial charge in [-0.3, -0.25) is 0 Å². The molecular weight excluding hydrogens is 158 g/mol. The second kappa shape index (κ2) is 3.91. The van der Waals surface area contributed by atoms with Crippen LogP contribution in [0.15, 0.2) is 0 Å². The molecule has 0 fully saturated rings. The number of nitrogens with zero attached hydrogens (tertiary/aromatic N) is 3. The maximum Gasteiger partial charge on any atom is 0.240 e. The van der Waals surface area contributed by atoms with E-state index in [4.69, 9.17) is 16.3 Å². The zero-order valence-electron chi connectivity index (χ0n) is 7.03. The first-order chi connectivity index (χ1) is 5.75. The van der Waals surface area contributed by atoms with Crippen LogP contribution in [0.4, 0.5) is 5.95 Å². The quantitative estimate of drug-likeness (QED) is 0.455. The van der Waals surface area contributed by atoms with Gasteiger partial charge in [-0.2, -0.15) is 0 Å². The summed E-state index contributed by atoms with van der Waals surface area (Å²) in [5, 5.41) is 7.38. The van der Waals surface area contributed by atoms with Crippen LogP contribution in [0.2, 0.25) is 0 Å². The lowest BCUT2D eigenvalue weighted by molar-refractivity contribution is 0.149. The van der Waals surface area contributed by atoms with E-state index in [1.54, 1.807) is 0 Å². The van der Waals surface area contributed by atoms with Crippen molar-refractivity contribution >= 4 is 5.95 Å². The molecule has 1 rings (SSSR count). The SMILES string of the molecule is CCOCCc1nnc(N)n1N. The molecule has 0 aliphatic heterocycles. The second-order valence-electron chi connectivity index (χ2n) is 2.29. The fourth-order valence-electron chi connectivity index (χ4n) is 0.816. The van der Waals surface area contributed by atoms with Crippen LogP contribution >= 0.6 is 0 Å². The molecule has 0 radical (unpaired) electrons. The van der Waals surface area contributed by atoms with Gasteiger partial charge < -0.3 is 16.3 Å². The van der Waals surface area contributed by atoms with Gasteiger partial charge in [0.25, 0.3) is 0 Å². The number of nitrogen functional groups attached to an aromatic ring is 2. The molecule has 1 aromatic heterocycles. The summed E-state index contributed by atoms with van der Waals surface area (Å²) in [6, 6.07) is 0. The lowest BCUT2D eigenvalue weighted by Gasteiger charge is -2.00. The maximum atomic E-state index is 5.50. The zero-order chi connectivity index (χ0) is 8.97. The van der Waals surface area contributed by atoms with Gasteiger partial charge in [0, 0.05) is 13.0 Å². The van der Waals surface area contributed by atoms with Crippen LogP contribution in [0, 0.1) is 0 Å². The van der Waals surface area contributed by atoms with E-state index in [1.165, 1.54) is 4.68 Å². The molecule has 0 aliphatic rings. The van der Waals surface area contributed by atoms with E-state index < -0.39 is 0 Å². The Bertz CT molecular complexity index is 246. The van der Waals surface area contributed by atoms with E-state index in [-0.39, 0.29) is 5.95 Å². The van der Waals surface area contributed by atoms with Crippen molar-refractivity contribution in [3.8, 4) is 0 Å².